The summed E-state index contributed by atoms with van der Waals surface area (Å²) in [6.45, 7) is 0. The van der Waals surface area contributed by atoms with Crippen LogP contribution in [0.3, 0.4) is 0 Å². The molecule has 0 spiro atoms. The molecule has 56 valence electrons. The minimum atomic E-state index is -8.62. The van der Waals surface area contributed by atoms with Gasteiger partial charge in [0, 0.05) is 0 Å². The quantitative estimate of drug-likeness (QED) is 0.247. The topological polar surface area (TPSA) is 159 Å². The van der Waals surface area contributed by atoms with E-state index in [0.29, 0.717) is 0 Å². The molecule has 0 amide bonds. The maximum atomic E-state index is 9.11. The molecule has 0 fully saturated rings. The van der Waals surface area contributed by atoms with E-state index >= 15 is 0 Å². The van der Waals surface area contributed by atoms with E-state index in [1.165, 1.54) is 0 Å². The van der Waals surface area contributed by atoms with E-state index in [4.69, 9.17) is 20.6 Å². The normalized spacial score (nSPS) is 18.0. The number of halogens is 1. The van der Waals surface area contributed by atoms with Gasteiger partial charge in [-0.15, -0.1) is 0 Å². The zero-order valence-corrected chi connectivity index (χ0v) is 6.64. The van der Waals surface area contributed by atoms with Gasteiger partial charge in [-0.05, 0) is 0 Å². The van der Waals surface area contributed by atoms with Crippen molar-refractivity contribution in [1.82, 2.24) is 0 Å². The van der Waals surface area contributed by atoms with Crippen molar-refractivity contribution in [3.05, 3.63) is 0 Å². The standard InChI is InChI=1S/H4IO6.Li.H2O/c2-1(3,4,5,6)7;;/h2-5H;;1H2/q-1;+1;. The Balaban J connectivity index is -0.000000180. The van der Waals surface area contributed by atoms with Crippen LogP contribution in [0.4, 0.5) is 0 Å². The van der Waals surface area contributed by atoms with E-state index in [1.807, 2.05) is 0 Å². The molecule has 0 saturated carbocycles. The average Bonchev–Trinajstić information content (AvgIpc) is 0.592. The van der Waals surface area contributed by atoms with E-state index in [-0.39, 0.29) is 24.3 Å². The third-order valence-electron chi connectivity index (χ3n) is 0. The molecular weight excluding hydrogens is 246 g/mol. The molecule has 0 aromatic heterocycles. The number of hydrogen-bond donors (Lipinski definition) is 4. The summed E-state index contributed by atoms with van der Waals surface area (Å²) in [6, 6.07) is 0. The van der Waals surface area contributed by atoms with Gasteiger partial charge in [0.05, 0.1) is 0 Å². The molecule has 0 unspecified atom stereocenters. The fraction of sp³-hybridized carbons (Fsp3) is 0. The van der Waals surface area contributed by atoms with Crippen LogP contribution in [0.25, 0.3) is 0 Å². The van der Waals surface area contributed by atoms with Crippen LogP contribution in [-0.2, 0) is 0 Å². The van der Waals surface area contributed by atoms with Crippen molar-refractivity contribution >= 4 is 0 Å². The third-order valence-corrected chi connectivity index (χ3v) is 0. The number of rotatable bonds is 0. The van der Waals surface area contributed by atoms with Gasteiger partial charge in [-0.3, -0.25) is 0 Å². The summed E-state index contributed by atoms with van der Waals surface area (Å²) in [5, 5.41) is 0. The van der Waals surface area contributed by atoms with Gasteiger partial charge in [0.1, 0.15) is 0 Å². The van der Waals surface area contributed by atoms with Crippen LogP contribution >= 0.6 is 0 Å². The van der Waals surface area contributed by atoms with Crippen molar-refractivity contribution in [2.45, 2.75) is 0 Å². The Bertz CT molecular complexity index is 67.5. The SMILES string of the molecule is O.[Li+].[O-][I+]([O-])(O)(O)(O)O. The van der Waals surface area contributed by atoms with Crippen molar-refractivity contribution in [2.75, 3.05) is 0 Å². The van der Waals surface area contributed by atoms with Gasteiger partial charge < -0.3 is 5.48 Å². The molecule has 0 saturated heterocycles. The second kappa shape index (κ2) is 2.28. The van der Waals surface area contributed by atoms with Crippen molar-refractivity contribution in [3.63, 3.8) is 0 Å². The summed E-state index contributed by atoms with van der Waals surface area (Å²) >= 11 is -8.62. The Morgan fingerprint density at radius 1 is 0.889 bits per heavy atom. The monoisotopic (exact) mass is 252 g/mol. The molecule has 0 radical (unpaired) electrons. The molecule has 0 aliphatic carbocycles. The molecule has 0 heterocycles. The molecular formula is H6ILiO7. The Morgan fingerprint density at radius 2 is 0.889 bits per heavy atom. The van der Waals surface area contributed by atoms with E-state index < -0.39 is 18.2 Å². The van der Waals surface area contributed by atoms with Gasteiger partial charge in [-0.2, -0.15) is 0 Å². The van der Waals surface area contributed by atoms with Crippen LogP contribution in [0.1, 0.15) is 0 Å². The summed E-state index contributed by atoms with van der Waals surface area (Å²) in [4.78, 5) is 0. The first kappa shape index (κ1) is 16.6. The molecule has 0 atom stereocenters. The first-order valence-corrected chi connectivity index (χ1v) is 6.61. The van der Waals surface area contributed by atoms with Crippen LogP contribution in [-0.4, -0.2) is 19.2 Å². The second-order valence-electron chi connectivity index (χ2n) is 1.07. The molecule has 0 aliphatic rings. The third kappa shape index (κ3) is 410. The summed E-state index contributed by atoms with van der Waals surface area (Å²) in [5.74, 6) is 0. The van der Waals surface area contributed by atoms with Gasteiger partial charge in [0.15, 0.2) is 0 Å². The fourth-order valence-corrected chi connectivity index (χ4v) is 0. The predicted octanol–water partition coefficient (Wildman–Crippen LogP) is -11.4. The molecule has 0 bridgehead atoms. The van der Waals surface area contributed by atoms with E-state index in [0.717, 1.165) is 0 Å². The first-order valence-electron chi connectivity index (χ1n) is 0.985. The average molecular weight is 252 g/mol. The second-order valence-corrected chi connectivity index (χ2v) is 7.17. The van der Waals surface area contributed by atoms with Gasteiger partial charge in [-0.1, -0.05) is 0 Å². The summed E-state index contributed by atoms with van der Waals surface area (Å²) in [7, 11) is 0. The molecule has 0 aromatic carbocycles. The Morgan fingerprint density at radius 3 is 0.889 bits per heavy atom. The van der Waals surface area contributed by atoms with Crippen molar-refractivity contribution in [3.8, 4) is 0 Å². The Labute approximate surface area is 63.1 Å². The van der Waals surface area contributed by atoms with Crippen LogP contribution < -0.4 is 43.9 Å². The van der Waals surface area contributed by atoms with Crippen molar-refractivity contribution in [2.24, 2.45) is 0 Å². The van der Waals surface area contributed by atoms with Crippen molar-refractivity contribution < 1.29 is 63.1 Å². The molecule has 0 aliphatic heterocycles. The van der Waals surface area contributed by atoms with Gasteiger partial charge in [0.25, 0.3) is 0 Å². The molecule has 6 N–H and O–H groups in total. The zero-order chi connectivity index (χ0) is 6.41. The molecule has 7 nitrogen and oxygen atoms in total. The van der Waals surface area contributed by atoms with Gasteiger partial charge in [0.2, 0.25) is 0 Å². The fourth-order valence-electron chi connectivity index (χ4n) is 0. The van der Waals surface area contributed by atoms with Gasteiger partial charge in [-0.25, -0.2) is 0 Å². The van der Waals surface area contributed by atoms with Crippen LogP contribution in [0.15, 0.2) is 0 Å². The first-order chi connectivity index (χ1) is 2.45. The van der Waals surface area contributed by atoms with E-state index in [2.05, 4.69) is 0 Å². The zero-order valence-electron chi connectivity index (χ0n) is 4.48. The Hall–Kier alpha value is 1.05. The molecule has 9 heavy (non-hydrogen) atoms. The van der Waals surface area contributed by atoms with E-state index in [1.54, 1.807) is 0 Å². The molecule has 9 heteroatoms. The van der Waals surface area contributed by atoms with Crippen molar-refractivity contribution in [1.29, 1.82) is 0 Å². The van der Waals surface area contributed by atoms with Gasteiger partial charge >= 0.3 is 57.6 Å². The summed E-state index contributed by atoms with van der Waals surface area (Å²) in [6.07, 6.45) is 0. The Kier molecular flexibility index (Phi) is 4.19. The summed E-state index contributed by atoms with van der Waals surface area (Å²) in [5.41, 5.74) is 0. The summed E-state index contributed by atoms with van der Waals surface area (Å²) < 4.78 is 47.0. The van der Waals surface area contributed by atoms with Crippen LogP contribution in [0, 0.1) is 0 Å². The predicted molar refractivity (Wildman–Crippen MR) is 12.5 cm³/mol. The maximum absolute atomic E-state index is 9.11. The van der Waals surface area contributed by atoms with Crippen LogP contribution in [0.2, 0.25) is 0 Å². The molecule has 0 aromatic rings. The van der Waals surface area contributed by atoms with E-state index in [9.17, 15) is 0 Å². The number of hydrogen-bond acceptors (Lipinski definition) is 6. The minimum absolute atomic E-state index is 0. The van der Waals surface area contributed by atoms with Crippen LogP contribution in [0.5, 0.6) is 0 Å². The molecule has 0 rings (SSSR count).